The molecule has 3 amide bonds. The Balaban J connectivity index is 1.26. The van der Waals surface area contributed by atoms with E-state index in [0.29, 0.717) is 22.6 Å². The molecule has 0 aliphatic carbocycles. The van der Waals surface area contributed by atoms with Gasteiger partial charge in [-0.1, -0.05) is 18.2 Å². The molecule has 2 aliphatic heterocycles. The highest BCUT2D eigenvalue weighted by Crippen LogP contribution is 2.41. The Bertz CT molecular complexity index is 1680. The summed E-state index contributed by atoms with van der Waals surface area (Å²) >= 11 is 2.84. The largest absolute Gasteiger partial charge is 0.456 e. The first kappa shape index (κ1) is 31.0. The molecule has 1 fully saturated rings. The summed E-state index contributed by atoms with van der Waals surface area (Å²) in [5, 5.41) is 15.7. The number of thiophene rings is 1. The van der Waals surface area contributed by atoms with Gasteiger partial charge in [-0.25, -0.2) is 9.59 Å². The number of hydrogen-bond acceptors (Lipinski definition) is 10. The second kappa shape index (κ2) is 12.3. The molecule has 1 N–H and O–H groups in total. The van der Waals surface area contributed by atoms with Gasteiger partial charge in [-0.3, -0.25) is 29.5 Å². The van der Waals surface area contributed by atoms with E-state index in [0.717, 1.165) is 10.1 Å². The fourth-order valence-corrected chi connectivity index (χ4v) is 7.04. The number of anilines is 1. The molecule has 2 aliphatic rings. The van der Waals surface area contributed by atoms with E-state index in [1.807, 2.05) is 24.3 Å². The number of hydrogen-bond donors (Lipinski definition) is 1. The van der Waals surface area contributed by atoms with Crippen molar-refractivity contribution in [3.05, 3.63) is 80.9 Å². The molecule has 14 heteroatoms. The van der Waals surface area contributed by atoms with Crippen LogP contribution in [0.4, 0.5) is 16.2 Å². The highest BCUT2D eigenvalue weighted by atomic mass is 32.2. The van der Waals surface area contributed by atoms with Crippen molar-refractivity contribution in [1.29, 1.82) is 0 Å². The lowest BCUT2D eigenvalue weighted by Gasteiger charge is -2.49. The third kappa shape index (κ3) is 6.40. The SMILES string of the molecule is CC1=C(C(=O)OCc2ccc([N+](=O)[O-])cc2)N2C(=O)C(NC(=O)CN(C(=O)OC(C)(C)C)c3csc4ccccc34)[C@@H]2SC1. The maximum absolute atomic E-state index is 13.3. The van der Waals surface area contributed by atoms with Gasteiger partial charge in [0.15, 0.2) is 0 Å². The quantitative estimate of drug-likeness (QED) is 0.156. The number of fused-ring (bicyclic) bond motifs is 2. The smallest absolute Gasteiger partial charge is 0.415 e. The van der Waals surface area contributed by atoms with E-state index < -0.39 is 45.8 Å². The molecule has 44 heavy (non-hydrogen) atoms. The monoisotopic (exact) mass is 638 g/mol. The van der Waals surface area contributed by atoms with E-state index in [9.17, 15) is 29.3 Å². The zero-order valence-corrected chi connectivity index (χ0v) is 26.0. The first-order chi connectivity index (χ1) is 20.8. The second-order valence-corrected chi connectivity index (χ2v) is 13.3. The predicted molar refractivity (Wildman–Crippen MR) is 166 cm³/mol. The summed E-state index contributed by atoms with van der Waals surface area (Å²) in [6.45, 7) is 6.43. The van der Waals surface area contributed by atoms with Gasteiger partial charge in [0, 0.05) is 33.4 Å². The maximum Gasteiger partial charge on any atom is 0.415 e. The standard InChI is InChI=1S/C30H30N4O8S2/c1-17-15-44-27-24(26(36)33(27)25(17)28(37)41-14-18-9-11-19(12-10-18)34(39)40)31-23(35)13-32(29(38)42-30(2,3)4)21-16-43-22-8-6-5-7-20(21)22/h5-12,16,24,27H,13-15H2,1-4H3,(H,31,35)/t24?,27-/m0/s1. The van der Waals surface area contributed by atoms with Crippen molar-refractivity contribution in [2.75, 3.05) is 17.2 Å². The van der Waals surface area contributed by atoms with Crippen LogP contribution in [0.1, 0.15) is 33.3 Å². The van der Waals surface area contributed by atoms with Crippen LogP contribution in [0.3, 0.4) is 0 Å². The Labute approximate surface area is 261 Å². The van der Waals surface area contributed by atoms with Crippen LogP contribution < -0.4 is 10.2 Å². The fraction of sp³-hybridized carbons (Fsp3) is 0.333. The van der Waals surface area contributed by atoms with Crippen LogP contribution >= 0.6 is 23.1 Å². The number of benzene rings is 2. The minimum atomic E-state index is -0.905. The van der Waals surface area contributed by atoms with E-state index in [1.54, 1.807) is 33.1 Å². The van der Waals surface area contributed by atoms with Crippen LogP contribution in [0.2, 0.25) is 0 Å². The molecule has 1 saturated heterocycles. The Morgan fingerprint density at radius 3 is 2.52 bits per heavy atom. The van der Waals surface area contributed by atoms with Crippen molar-refractivity contribution in [3.63, 3.8) is 0 Å². The number of β-lactam (4-membered cyclic amide) rings is 1. The zero-order chi connectivity index (χ0) is 31.8. The number of ether oxygens (including phenoxy) is 2. The van der Waals surface area contributed by atoms with Crippen LogP contribution in [-0.2, 0) is 30.5 Å². The lowest BCUT2D eigenvalue weighted by molar-refractivity contribution is -0.384. The van der Waals surface area contributed by atoms with Gasteiger partial charge in [0.2, 0.25) is 5.91 Å². The van der Waals surface area contributed by atoms with Gasteiger partial charge >= 0.3 is 12.1 Å². The number of nitro benzene ring substituents is 1. The van der Waals surface area contributed by atoms with Gasteiger partial charge in [-0.2, -0.15) is 0 Å². The molecular formula is C30H30N4O8S2. The molecule has 2 atom stereocenters. The lowest BCUT2D eigenvalue weighted by atomic mass is 10.0. The molecule has 230 valence electrons. The molecule has 1 unspecified atom stereocenters. The van der Waals surface area contributed by atoms with Crippen molar-refractivity contribution >= 4 is 68.4 Å². The topological polar surface area (TPSA) is 148 Å². The molecule has 3 heterocycles. The third-order valence-electron chi connectivity index (χ3n) is 6.85. The van der Waals surface area contributed by atoms with Gasteiger partial charge in [-0.05, 0) is 57.0 Å². The first-order valence-corrected chi connectivity index (χ1v) is 15.6. The van der Waals surface area contributed by atoms with Crippen molar-refractivity contribution < 1.29 is 33.6 Å². The number of carbonyl (C=O) groups is 4. The summed E-state index contributed by atoms with van der Waals surface area (Å²) < 4.78 is 12.0. The molecule has 0 saturated carbocycles. The summed E-state index contributed by atoms with van der Waals surface area (Å²) in [4.78, 5) is 65.8. The molecule has 0 bridgehead atoms. The Morgan fingerprint density at radius 2 is 1.84 bits per heavy atom. The highest BCUT2D eigenvalue weighted by Gasteiger charge is 2.54. The van der Waals surface area contributed by atoms with Gasteiger partial charge in [-0.15, -0.1) is 23.1 Å². The third-order valence-corrected chi connectivity index (χ3v) is 9.23. The number of nitro groups is 1. The van der Waals surface area contributed by atoms with E-state index in [-0.39, 0.29) is 24.5 Å². The number of non-ortho nitro benzene ring substituents is 1. The molecular weight excluding hydrogens is 608 g/mol. The van der Waals surface area contributed by atoms with Crippen molar-refractivity contribution in [2.24, 2.45) is 0 Å². The van der Waals surface area contributed by atoms with Crippen molar-refractivity contribution in [3.8, 4) is 0 Å². The predicted octanol–water partition coefficient (Wildman–Crippen LogP) is 4.97. The Kier molecular flexibility index (Phi) is 8.66. The normalized spacial score (nSPS) is 17.9. The zero-order valence-electron chi connectivity index (χ0n) is 24.4. The summed E-state index contributed by atoms with van der Waals surface area (Å²) in [6.07, 6.45) is -0.693. The second-order valence-electron chi connectivity index (χ2n) is 11.3. The van der Waals surface area contributed by atoms with E-state index >= 15 is 0 Å². The molecule has 0 radical (unpaired) electrons. The van der Waals surface area contributed by atoms with Gasteiger partial charge in [0.05, 0.1) is 10.6 Å². The van der Waals surface area contributed by atoms with Gasteiger partial charge < -0.3 is 14.8 Å². The minimum Gasteiger partial charge on any atom is -0.456 e. The molecule has 2 aromatic carbocycles. The van der Waals surface area contributed by atoms with Crippen LogP contribution in [0.15, 0.2) is 65.2 Å². The van der Waals surface area contributed by atoms with Crippen LogP contribution in [0.25, 0.3) is 10.1 Å². The minimum absolute atomic E-state index is 0.0806. The van der Waals surface area contributed by atoms with E-state index in [2.05, 4.69) is 5.32 Å². The number of thioether (sulfide) groups is 1. The molecule has 1 aromatic heterocycles. The van der Waals surface area contributed by atoms with Gasteiger partial charge in [0.25, 0.3) is 11.6 Å². The molecule has 0 spiro atoms. The number of carbonyl (C=O) groups excluding carboxylic acids is 4. The maximum atomic E-state index is 13.3. The van der Waals surface area contributed by atoms with Crippen molar-refractivity contribution in [1.82, 2.24) is 10.2 Å². The van der Waals surface area contributed by atoms with Crippen LogP contribution in [-0.4, -0.2) is 63.0 Å². The van der Waals surface area contributed by atoms with Crippen LogP contribution in [0.5, 0.6) is 0 Å². The summed E-state index contributed by atoms with van der Waals surface area (Å²) in [5.41, 5.74) is 0.971. The molecule has 5 rings (SSSR count). The lowest BCUT2D eigenvalue weighted by Crippen LogP contribution is -2.71. The Morgan fingerprint density at radius 1 is 1.14 bits per heavy atom. The fourth-order valence-electron chi connectivity index (χ4n) is 4.79. The van der Waals surface area contributed by atoms with E-state index in [4.69, 9.17) is 9.47 Å². The molecule has 3 aromatic rings. The van der Waals surface area contributed by atoms with Crippen LogP contribution in [0, 0.1) is 10.1 Å². The summed E-state index contributed by atoms with van der Waals surface area (Å²) in [5.74, 6) is -1.29. The van der Waals surface area contributed by atoms with Crippen molar-refractivity contribution in [2.45, 2.75) is 51.3 Å². The molecule has 12 nitrogen and oxygen atoms in total. The summed E-state index contributed by atoms with van der Waals surface area (Å²) in [7, 11) is 0. The average Bonchev–Trinajstić information content (AvgIpc) is 3.40. The van der Waals surface area contributed by atoms with E-state index in [1.165, 1.54) is 57.2 Å². The van der Waals surface area contributed by atoms with Gasteiger partial charge in [0.1, 0.15) is 35.9 Å². The number of amides is 3. The highest BCUT2D eigenvalue weighted by molar-refractivity contribution is 8.00. The number of nitrogens with one attached hydrogen (secondary N) is 1. The number of esters is 1. The Hall–Kier alpha value is -4.43. The number of rotatable bonds is 8. The first-order valence-electron chi connectivity index (χ1n) is 13.6. The summed E-state index contributed by atoms with van der Waals surface area (Å²) in [6, 6.07) is 12.2. The average molecular weight is 639 g/mol. The number of nitrogens with zero attached hydrogens (tertiary/aromatic N) is 3.